The first-order chi connectivity index (χ1) is 7.16. The number of hydrogen-bond donors (Lipinski definition) is 2. The van der Waals surface area contributed by atoms with Crippen molar-refractivity contribution >= 4 is 39.4 Å². The zero-order valence-corrected chi connectivity index (χ0v) is 9.91. The summed E-state index contributed by atoms with van der Waals surface area (Å²) >= 11 is 3.34. The smallest absolute Gasteiger partial charge is 0.321 e. The monoisotopic (exact) mass is 269 g/mol. The van der Waals surface area contributed by atoms with Crippen LogP contribution in [-0.4, -0.2) is 44.9 Å². The summed E-state index contributed by atoms with van der Waals surface area (Å²) in [5.41, 5.74) is 1.43. The molecule has 2 aromatic rings. The van der Waals surface area contributed by atoms with Gasteiger partial charge in [-0.3, -0.25) is 4.58 Å². The lowest BCUT2D eigenvalue weighted by Gasteiger charge is -1.95. The Balaban J connectivity index is 2.41. The van der Waals surface area contributed by atoms with E-state index in [0.717, 1.165) is 5.52 Å². The summed E-state index contributed by atoms with van der Waals surface area (Å²) in [6.45, 7) is 0. The van der Waals surface area contributed by atoms with Crippen LogP contribution < -0.4 is 5.32 Å². The van der Waals surface area contributed by atoms with Gasteiger partial charge in [0.25, 0.3) is 0 Å². The molecule has 0 aliphatic rings. The second kappa shape index (κ2) is 3.93. The molecule has 0 amide bonds. The molecular weight excluding hydrogens is 260 g/mol. The average molecular weight is 270 g/mol. The van der Waals surface area contributed by atoms with E-state index < -0.39 is 0 Å². The van der Waals surface area contributed by atoms with Crippen molar-refractivity contribution in [3.05, 3.63) is 10.9 Å². The first-order valence-corrected chi connectivity index (χ1v) is 5.09. The van der Waals surface area contributed by atoms with E-state index in [1.807, 2.05) is 18.7 Å². The van der Waals surface area contributed by atoms with Crippen LogP contribution in [0, 0.1) is 0 Å². The molecule has 0 saturated heterocycles. The molecule has 0 aliphatic carbocycles. The van der Waals surface area contributed by atoms with E-state index in [4.69, 9.17) is 0 Å². The van der Waals surface area contributed by atoms with Gasteiger partial charge in [-0.15, -0.1) is 0 Å². The lowest BCUT2D eigenvalue weighted by atomic mass is 10.6. The molecule has 0 atom stereocenters. The maximum atomic E-state index is 4.22. The summed E-state index contributed by atoms with van der Waals surface area (Å²) in [5.74, 6) is 0.509. The molecule has 0 saturated carbocycles. The van der Waals surface area contributed by atoms with Crippen molar-refractivity contribution in [1.29, 1.82) is 0 Å². The third-order valence-electron chi connectivity index (χ3n) is 1.69. The number of imidazole rings is 1. The summed E-state index contributed by atoms with van der Waals surface area (Å²) in [5, 5.41) is 2.96. The van der Waals surface area contributed by atoms with E-state index >= 15 is 0 Å². The van der Waals surface area contributed by atoms with E-state index in [1.165, 1.54) is 0 Å². The summed E-state index contributed by atoms with van der Waals surface area (Å²) in [6, 6.07) is 0. The maximum Gasteiger partial charge on any atom is 0.321 e. The van der Waals surface area contributed by atoms with Crippen molar-refractivity contribution in [2.75, 3.05) is 19.4 Å². The second-order valence-electron chi connectivity index (χ2n) is 3.18. The van der Waals surface area contributed by atoms with Crippen LogP contribution in [0.5, 0.6) is 0 Å². The Morgan fingerprint density at radius 1 is 1.47 bits per heavy atom. The number of halogens is 1. The molecule has 0 spiro atoms. The Kier molecular flexibility index (Phi) is 2.63. The van der Waals surface area contributed by atoms with Gasteiger partial charge in [-0.1, -0.05) is 0 Å². The van der Waals surface area contributed by atoms with Crippen LogP contribution in [0.4, 0.5) is 5.95 Å². The molecule has 0 radical (unpaired) electrons. The van der Waals surface area contributed by atoms with Crippen LogP contribution >= 0.6 is 15.9 Å². The van der Waals surface area contributed by atoms with Gasteiger partial charge in [0, 0.05) is 0 Å². The van der Waals surface area contributed by atoms with Crippen molar-refractivity contribution in [2.24, 2.45) is 0 Å². The van der Waals surface area contributed by atoms with Crippen molar-refractivity contribution in [3.8, 4) is 0 Å². The number of nitrogens with one attached hydrogen (secondary N) is 2. The SMILES string of the molecule is C[N+](C)=CNc1nc(Br)c2[nH]cnc2n1. The number of nitrogens with zero attached hydrogens (tertiary/aromatic N) is 4. The van der Waals surface area contributed by atoms with Gasteiger partial charge in [-0.2, -0.15) is 9.97 Å². The highest BCUT2D eigenvalue weighted by Crippen LogP contribution is 2.18. The number of anilines is 1. The van der Waals surface area contributed by atoms with E-state index in [0.29, 0.717) is 16.2 Å². The van der Waals surface area contributed by atoms with Crippen LogP contribution in [0.3, 0.4) is 0 Å². The summed E-state index contributed by atoms with van der Waals surface area (Å²) < 4.78 is 2.56. The minimum atomic E-state index is 0.509. The third-order valence-corrected chi connectivity index (χ3v) is 2.27. The highest BCUT2D eigenvalue weighted by Gasteiger charge is 2.08. The number of H-pyrrole nitrogens is 1. The van der Waals surface area contributed by atoms with Crippen molar-refractivity contribution in [1.82, 2.24) is 19.9 Å². The molecule has 2 rings (SSSR count). The van der Waals surface area contributed by atoms with Crippen LogP contribution in [-0.2, 0) is 0 Å². The number of rotatable bonds is 2. The van der Waals surface area contributed by atoms with Gasteiger partial charge in [0.1, 0.15) is 10.1 Å². The highest BCUT2D eigenvalue weighted by atomic mass is 79.9. The van der Waals surface area contributed by atoms with Crippen LogP contribution in [0.2, 0.25) is 0 Å². The lowest BCUT2D eigenvalue weighted by Crippen LogP contribution is -2.09. The van der Waals surface area contributed by atoms with Crippen LogP contribution in [0.1, 0.15) is 0 Å². The molecular formula is C8H10BrN6+. The summed E-state index contributed by atoms with van der Waals surface area (Å²) in [7, 11) is 3.82. The number of hydrogen-bond acceptors (Lipinski definition) is 3. The molecule has 0 unspecified atom stereocenters. The first-order valence-electron chi connectivity index (χ1n) is 4.30. The molecule has 15 heavy (non-hydrogen) atoms. The van der Waals surface area contributed by atoms with Crippen LogP contribution in [0.25, 0.3) is 11.2 Å². The fourth-order valence-electron chi connectivity index (χ4n) is 1.05. The number of fused-ring (bicyclic) bond motifs is 1. The van der Waals surface area contributed by atoms with Gasteiger partial charge >= 0.3 is 5.95 Å². The van der Waals surface area contributed by atoms with Gasteiger partial charge in [-0.05, 0) is 15.9 Å². The first kappa shape index (κ1) is 10.0. The lowest BCUT2D eigenvalue weighted by molar-refractivity contribution is -0.459. The molecule has 2 aromatic heterocycles. The predicted octanol–water partition coefficient (Wildman–Crippen LogP) is 0.828. The Hall–Kier alpha value is -1.50. The normalized spacial score (nSPS) is 10.3. The van der Waals surface area contributed by atoms with Gasteiger partial charge < -0.3 is 4.98 Å². The van der Waals surface area contributed by atoms with Gasteiger partial charge in [0.2, 0.25) is 6.34 Å². The molecule has 78 valence electrons. The Labute approximate surface area is 94.6 Å². The van der Waals surface area contributed by atoms with E-state index in [-0.39, 0.29) is 0 Å². The summed E-state index contributed by atoms with van der Waals surface area (Å²) in [4.78, 5) is 15.4. The topological polar surface area (TPSA) is 69.5 Å². The molecule has 0 fully saturated rings. The third kappa shape index (κ3) is 2.12. The Bertz CT molecular complexity index is 513. The fourth-order valence-corrected chi connectivity index (χ4v) is 1.51. The van der Waals surface area contributed by atoms with E-state index in [9.17, 15) is 0 Å². The average Bonchev–Trinajstić information content (AvgIpc) is 2.63. The highest BCUT2D eigenvalue weighted by molar-refractivity contribution is 9.10. The minimum Gasteiger partial charge on any atom is -0.341 e. The molecule has 6 nitrogen and oxygen atoms in total. The van der Waals surface area contributed by atoms with Gasteiger partial charge in [-0.25, -0.2) is 10.3 Å². The van der Waals surface area contributed by atoms with Crippen molar-refractivity contribution in [3.63, 3.8) is 0 Å². The largest absolute Gasteiger partial charge is 0.341 e. The quantitative estimate of drug-likeness (QED) is 0.367. The molecule has 2 N–H and O–H groups in total. The number of aromatic nitrogens is 4. The molecule has 0 aromatic carbocycles. The van der Waals surface area contributed by atoms with Gasteiger partial charge in [0.15, 0.2) is 5.65 Å². The van der Waals surface area contributed by atoms with Gasteiger partial charge in [0.05, 0.1) is 20.4 Å². The van der Waals surface area contributed by atoms with Crippen molar-refractivity contribution < 1.29 is 4.58 Å². The minimum absolute atomic E-state index is 0.509. The molecule has 2 heterocycles. The Morgan fingerprint density at radius 2 is 2.27 bits per heavy atom. The zero-order valence-electron chi connectivity index (χ0n) is 8.32. The maximum absolute atomic E-state index is 4.22. The molecule has 0 aliphatic heterocycles. The fraction of sp³-hybridized carbons (Fsp3) is 0.250. The number of aromatic amines is 1. The van der Waals surface area contributed by atoms with Crippen LogP contribution in [0.15, 0.2) is 10.9 Å². The zero-order chi connectivity index (χ0) is 10.8. The van der Waals surface area contributed by atoms with E-state index in [2.05, 4.69) is 41.2 Å². The van der Waals surface area contributed by atoms with E-state index in [1.54, 1.807) is 12.7 Å². The standard InChI is InChI=1S/C8H9BrN6/c1-15(2)4-12-8-13-6(9)5-7(14-8)11-3-10-5/h3-4H,1-2H3,(H,10,11,13,14)/p+1. The van der Waals surface area contributed by atoms with Crippen molar-refractivity contribution in [2.45, 2.75) is 0 Å². The Morgan fingerprint density at radius 3 is 3.00 bits per heavy atom. The second-order valence-corrected chi connectivity index (χ2v) is 3.93. The predicted molar refractivity (Wildman–Crippen MR) is 61.2 cm³/mol. The molecule has 0 bridgehead atoms. The summed E-state index contributed by atoms with van der Waals surface area (Å²) in [6.07, 6.45) is 3.35. The molecule has 7 heteroatoms.